The van der Waals surface area contributed by atoms with Crippen LogP contribution >= 0.6 is 0 Å². The Bertz CT molecular complexity index is 1030. The van der Waals surface area contributed by atoms with E-state index in [1.54, 1.807) is 0 Å². The van der Waals surface area contributed by atoms with Gasteiger partial charge in [0.05, 0.1) is 31.8 Å². The fourth-order valence-corrected chi connectivity index (χ4v) is 4.08. The van der Waals surface area contributed by atoms with Gasteiger partial charge in [0, 0.05) is 0 Å². The lowest BCUT2D eigenvalue weighted by Gasteiger charge is -2.16. The Morgan fingerprint density at radius 1 is 0.839 bits per heavy atom. The average Bonchev–Trinajstić information content (AvgIpc) is 2.69. The van der Waals surface area contributed by atoms with Crippen LogP contribution in [0.4, 0.5) is 0 Å². The molecule has 1 unspecified atom stereocenters. The Morgan fingerprint density at radius 3 is 2.16 bits per heavy atom. The minimum absolute atomic E-state index is 0.131. The summed E-state index contributed by atoms with van der Waals surface area (Å²) in [4.78, 5) is 0. The molecule has 0 bridgehead atoms. The molecule has 0 aliphatic heterocycles. The van der Waals surface area contributed by atoms with Gasteiger partial charge in [0.2, 0.25) is 0 Å². The highest BCUT2D eigenvalue weighted by molar-refractivity contribution is 7.86. The maximum atomic E-state index is 11.5. The van der Waals surface area contributed by atoms with Crippen LogP contribution in [0.25, 0.3) is 11.1 Å². The summed E-state index contributed by atoms with van der Waals surface area (Å²) in [6.45, 7) is 2.61. The Kier molecular flexibility index (Phi) is 9.49. The molecule has 0 saturated carbocycles. The highest BCUT2D eigenvalue weighted by atomic mass is 32.2. The summed E-state index contributed by atoms with van der Waals surface area (Å²) in [5.41, 5.74) is 3.13. The molecular formula is C22H30O7S2. The summed E-state index contributed by atoms with van der Waals surface area (Å²) in [7, 11) is -7.25. The molecule has 0 aromatic heterocycles. The van der Waals surface area contributed by atoms with Crippen molar-refractivity contribution in [2.24, 2.45) is 0 Å². The van der Waals surface area contributed by atoms with Crippen molar-refractivity contribution in [2.45, 2.75) is 38.7 Å². The van der Waals surface area contributed by atoms with Crippen LogP contribution in [0.5, 0.6) is 5.75 Å². The lowest BCUT2D eigenvalue weighted by molar-refractivity contribution is 0.163. The average molecular weight is 471 g/mol. The standard InChI is InChI=1S/C22H30O7S2/c1-4-15-27-22-7-5-6-20(17-22)19-11-8-18(9-12-19)10-13-21(29-31(3,25)26)14-16-28-30(2,23)24/h5-9,11-12,17,21H,4,10,13-16H2,1-3H3. The number of aryl methyl sites for hydroxylation is 1. The monoisotopic (exact) mass is 470 g/mol. The third-order valence-electron chi connectivity index (χ3n) is 4.40. The highest BCUT2D eigenvalue weighted by Crippen LogP contribution is 2.25. The maximum Gasteiger partial charge on any atom is 0.264 e. The van der Waals surface area contributed by atoms with Crippen LogP contribution in [0, 0.1) is 0 Å². The molecule has 172 valence electrons. The minimum Gasteiger partial charge on any atom is -0.494 e. The number of rotatable bonds is 13. The summed E-state index contributed by atoms with van der Waals surface area (Å²) in [5.74, 6) is 0.834. The van der Waals surface area contributed by atoms with Crippen LogP contribution < -0.4 is 4.74 Å². The zero-order valence-electron chi connectivity index (χ0n) is 18.1. The van der Waals surface area contributed by atoms with Gasteiger partial charge in [-0.25, -0.2) is 0 Å². The van der Waals surface area contributed by atoms with Crippen molar-refractivity contribution in [3.05, 3.63) is 54.1 Å². The molecule has 0 heterocycles. The van der Waals surface area contributed by atoms with Crippen LogP contribution in [-0.4, -0.2) is 48.7 Å². The van der Waals surface area contributed by atoms with Crippen LogP contribution in [0.2, 0.25) is 0 Å². The molecule has 0 aliphatic rings. The third kappa shape index (κ3) is 10.3. The topological polar surface area (TPSA) is 96.0 Å². The summed E-state index contributed by atoms with van der Waals surface area (Å²) < 4.78 is 60.7. The van der Waals surface area contributed by atoms with Gasteiger partial charge in [0.15, 0.2) is 0 Å². The van der Waals surface area contributed by atoms with Crippen LogP contribution in [0.1, 0.15) is 31.7 Å². The molecule has 0 fully saturated rings. The van der Waals surface area contributed by atoms with Gasteiger partial charge in [0.1, 0.15) is 5.75 Å². The molecule has 31 heavy (non-hydrogen) atoms. The number of hydrogen-bond acceptors (Lipinski definition) is 7. The highest BCUT2D eigenvalue weighted by Gasteiger charge is 2.17. The Morgan fingerprint density at radius 2 is 1.55 bits per heavy atom. The Labute approximate surface area is 185 Å². The van der Waals surface area contributed by atoms with E-state index in [0.29, 0.717) is 19.4 Å². The summed E-state index contributed by atoms with van der Waals surface area (Å²) in [5, 5.41) is 0. The molecule has 0 aliphatic carbocycles. The van der Waals surface area contributed by atoms with Gasteiger partial charge < -0.3 is 4.74 Å². The van der Waals surface area contributed by atoms with E-state index >= 15 is 0 Å². The molecule has 9 heteroatoms. The molecule has 7 nitrogen and oxygen atoms in total. The molecule has 0 radical (unpaired) electrons. The summed E-state index contributed by atoms with van der Waals surface area (Å²) in [6, 6.07) is 15.9. The maximum absolute atomic E-state index is 11.5. The van der Waals surface area contributed by atoms with Crippen molar-refractivity contribution in [1.29, 1.82) is 0 Å². The first-order valence-electron chi connectivity index (χ1n) is 10.1. The van der Waals surface area contributed by atoms with Gasteiger partial charge >= 0.3 is 0 Å². The number of hydrogen-bond donors (Lipinski definition) is 0. The fourth-order valence-electron chi connectivity index (χ4n) is 3.00. The van der Waals surface area contributed by atoms with Gasteiger partial charge in [-0.15, -0.1) is 0 Å². The first kappa shape index (κ1) is 25.3. The molecular weight excluding hydrogens is 440 g/mol. The third-order valence-corrected chi connectivity index (χ3v) is 5.61. The van der Waals surface area contributed by atoms with E-state index < -0.39 is 26.3 Å². The molecule has 2 rings (SSSR count). The lowest BCUT2D eigenvalue weighted by atomic mass is 10.0. The summed E-state index contributed by atoms with van der Waals surface area (Å²) in [6.07, 6.45) is 3.37. The summed E-state index contributed by atoms with van der Waals surface area (Å²) >= 11 is 0. The smallest absolute Gasteiger partial charge is 0.264 e. The largest absolute Gasteiger partial charge is 0.494 e. The van der Waals surface area contributed by atoms with Crippen molar-refractivity contribution in [1.82, 2.24) is 0 Å². The lowest BCUT2D eigenvalue weighted by Crippen LogP contribution is -2.21. The predicted octanol–water partition coefficient (Wildman–Crippen LogP) is 3.79. The zero-order chi connectivity index (χ0) is 22.9. The van der Waals surface area contributed by atoms with Gasteiger partial charge in [-0.1, -0.05) is 43.3 Å². The van der Waals surface area contributed by atoms with E-state index in [1.165, 1.54) is 0 Å². The number of ether oxygens (including phenoxy) is 1. The van der Waals surface area contributed by atoms with Crippen LogP contribution in [0.3, 0.4) is 0 Å². The zero-order valence-corrected chi connectivity index (χ0v) is 19.7. The SMILES string of the molecule is CCCOc1cccc(-c2ccc(CCC(CCOS(C)(=O)=O)OS(C)(=O)=O)cc2)c1. The Hall–Kier alpha value is -1.94. The van der Waals surface area contributed by atoms with E-state index in [0.717, 1.165) is 41.4 Å². The van der Waals surface area contributed by atoms with E-state index in [1.807, 2.05) is 48.5 Å². The predicted molar refractivity (Wildman–Crippen MR) is 121 cm³/mol. The second-order valence-electron chi connectivity index (χ2n) is 7.35. The fraction of sp³-hybridized carbons (Fsp3) is 0.455. The van der Waals surface area contributed by atoms with Crippen molar-refractivity contribution in [3.8, 4) is 16.9 Å². The van der Waals surface area contributed by atoms with E-state index in [2.05, 4.69) is 6.92 Å². The molecule has 0 amide bonds. The minimum atomic E-state index is -3.66. The molecule has 0 N–H and O–H groups in total. The second-order valence-corrected chi connectivity index (χ2v) is 10.6. The molecule has 2 aromatic rings. The molecule has 2 aromatic carbocycles. The molecule has 0 saturated heterocycles. The van der Waals surface area contributed by atoms with E-state index in [4.69, 9.17) is 13.1 Å². The molecule has 0 spiro atoms. The van der Waals surface area contributed by atoms with Gasteiger partial charge in [-0.2, -0.15) is 16.8 Å². The van der Waals surface area contributed by atoms with Crippen molar-refractivity contribution < 1.29 is 29.9 Å². The normalized spacial score (nSPS) is 13.1. The van der Waals surface area contributed by atoms with E-state index in [9.17, 15) is 16.8 Å². The van der Waals surface area contributed by atoms with Gasteiger partial charge in [0.25, 0.3) is 20.2 Å². The van der Waals surface area contributed by atoms with Gasteiger partial charge in [-0.3, -0.25) is 8.37 Å². The van der Waals surface area contributed by atoms with Gasteiger partial charge in [-0.05, 0) is 54.5 Å². The quantitative estimate of drug-likeness (QED) is 0.411. The number of benzene rings is 2. The first-order chi connectivity index (χ1) is 14.6. The second kappa shape index (κ2) is 11.6. The first-order valence-corrected chi connectivity index (χ1v) is 13.7. The van der Waals surface area contributed by atoms with Crippen molar-refractivity contribution in [3.63, 3.8) is 0 Å². The van der Waals surface area contributed by atoms with E-state index in [-0.39, 0.29) is 13.0 Å². The van der Waals surface area contributed by atoms with Crippen LogP contribution in [0.15, 0.2) is 48.5 Å². The molecule has 1 atom stereocenters. The van der Waals surface area contributed by atoms with Crippen LogP contribution in [-0.2, 0) is 35.0 Å². The van der Waals surface area contributed by atoms with Crippen molar-refractivity contribution >= 4 is 20.2 Å². The van der Waals surface area contributed by atoms with Crippen molar-refractivity contribution in [2.75, 3.05) is 25.7 Å². The Balaban J connectivity index is 1.99.